The highest BCUT2D eigenvalue weighted by atomic mass is 14.9. The van der Waals surface area contributed by atoms with E-state index in [1.807, 2.05) is 6.07 Å². The van der Waals surface area contributed by atoms with Crippen molar-refractivity contribution in [2.75, 3.05) is 5.73 Å². The second kappa shape index (κ2) is 4.01. The summed E-state index contributed by atoms with van der Waals surface area (Å²) < 4.78 is 0. The Kier molecular flexibility index (Phi) is 2.73. The normalized spacial score (nSPS) is 16.6. The molecule has 14 heavy (non-hydrogen) atoms. The van der Waals surface area contributed by atoms with E-state index >= 15 is 0 Å². The van der Waals surface area contributed by atoms with E-state index in [0.29, 0.717) is 0 Å². The van der Waals surface area contributed by atoms with Gasteiger partial charge in [0.05, 0.1) is 0 Å². The van der Waals surface area contributed by atoms with Crippen LogP contribution in [0.5, 0.6) is 0 Å². The van der Waals surface area contributed by atoms with E-state index in [0.717, 1.165) is 18.3 Å². The second-order valence-electron chi connectivity index (χ2n) is 4.21. The molecular formula is C12H18N2. The average Bonchev–Trinajstić information content (AvgIpc) is 2.05. The molecule has 76 valence electrons. The minimum Gasteiger partial charge on any atom is -0.398 e. The minimum atomic E-state index is 0.732. The predicted octanol–water partition coefficient (Wildman–Crippen LogP) is 2.22. The molecule has 0 aromatic heterocycles. The lowest BCUT2D eigenvalue weighted by Gasteiger charge is -2.26. The van der Waals surface area contributed by atoms with E-state index in [4.69, 9.17) is 5.73 Å². The monoisotopic (exact) mass is 190 g/mol. The summed E-state index contributed by atoms with van der Waals surface area (Å²) in [5.74, 6) is 0. The van der Waals surface area contributed by atoms with Crippen LogP contribution in [-0.4, -0.2) is 6.04 Å². The first-order chi connectivity index (χ1) is 6.75. The molecule has 0 atom stereocenters. The van der Waals surface area contributed by atoms with E-state index in [2.05, 4.69) is 24.4 Å². The first-order valence-electron chi connectivity index (χ1n) is 5.34. The van der Waals surface area contributed by atoms with Crippen LogP contribution in [0.4, 0.5) is 5.69 Å². The molecule has 0 unspecified atom stereocenters. The van der Waals surface area contributed by atoms with Gasteiger partial charge in [0, 0.05) is 18.3 Å². The maximum absolute atomic E-state index is 5.93. The van der Waals surface area contributed by atoms with Crippen molar-refractivity contribution in [1.29, 1.82) is 0 Å². The van der Waals surface area contributed by atoms with E-state index in [1.165, 1.54) is 30.4 Å². The molecule has 0 heterocycles. The summed E-state index contributed by atoms with van der Waals surface area (Å²) in [5, 5.41) is 3.52. The van der Waals surface area contributed by atoms with Gasteiger partial charge in [0.2, 0.25) is 0 Å². The molecule has 3 N–H and O–H groups in total. The molecule has 2 nitrogen and oxygen atoms in total. The second-order valence-corrected chi connectivity index (χ2v) is 4.21. The summed E-state index contributed by atoms with van der Waals surface area (Å²) >= 11 is 0. The van der Waals surface area contributed by atoms with Crippen molar-refractivity contribution in [3.8, 4) is 0 Å². The Morgan fingerprint density at radius 2 is 2.21 bits per heavy atom. The lowest BCUT2D eigenvalue weighted by Crippen LogP contribution is -2.34. The third-order valence-electron chi connectivity index (χ3n) is 2.99. The number of benzene rings is 1. The summed E-state index contributed by atoms with van der Waals surface area (Å²) in [6.45, 7) is 2.98. The highest BCUT2D eigenvalue weighted by Gasteiger charge is 2.16. The molecule has 1 aromatic rings. The van der Waals surface area contributed by atoms with Gasteiger partial charge in [0.15, 0.2) is 0 Å². The van der Waals surface area contributed by atoms with Gasteiger partial charge >= 0.3 is 0 Å². The number of nitrogens with two attached hydrogens (primary N) is 1. The molecule has 0 amide bonds. The molecular weight excluding hydrogens is 172 g/mol. The zero-order valence-electron chi connectivity index (χ0n) is 8.72. The summed E-state index contributed by atoms with van der Waals surface area (Å²) in [6, 6.07) is 7.01. The first kappa shape index (κ1) is 9.53. The lowest BCUT2D eigenvalue weighted by molar-refractivity contribution is 0.338. The Bertz CT molecular complexity index is 316. The topological polar surface area (TPSA) is 38.0 Å². The molecule has 1 fully saturated rings. The molecule has 1 aliphatic carbocycles. The van der Waals surface area contributed by atoms with Crippen molar-refractivity contribution in [3.63, 3.8) is 0 Å². The van der Waals surface area contributed by atoms with Crippen molar-refractivity contribution in [3.05, 3.63) is 29.3 Å². The van der Waals surface area contributed by atoms with Crippen LogP contribution in [0.1, 0.15) is 30.4 Å². The Balaban J connectivity index is 1.94. The number of hydrogen-bond acceptors (Lipinski definition) is 2. The Morgan fingerprint density at radius 1 is 1.43 bits per heavy atom. The number of aryl methyl sites for hydroxylation is 1. The van der Waals surface area contributed by atoms with Gasteiger partial charge in [-0.2, -0.15) is 0 Å². The fraction of sp³-hybridized carbons (Fsp3) is 0.500. The lowest BCUT2D eigenvalue weighted by atomic mass is 9.93. The first-order valence-corrected chi connectivity index (χ1v) is 5.34. The van der Waals surface area contributed by atoms with Crippen LogP contribution in [0.15, 0.2) is 18.2 Å². The van der Waals surface area contributed by atoms with Crippen molar-refractivity contribution < 1.29 is 0 Å². The SMILES string of the molecule is Cc1ccc(CNC2CCC2)c(N)c1. The molecule has 2 heteroatoms. The van der Waals surface area contributed by atoms with Gasteiger partial charge in [0.25, 0.3) is 0 Å². The average molecular weight is 190 g/mol. The van der Waals surface area contributed by atoms with Crippen molar-refractivity contribution in [2.24, 2.45) is 0 Å². The van der Waals surface area contributed by atoms with E-state index < -0.39 is 0 Å². The molecule has 1 aromatic carbocycles. The van der Waals surface area contributed by atoms with Crippen LogP contribution in [0.3, 0.4) is 0 Å². The van der Waals surface area contributed by atoms with Gasteiger partial charge in [0.1, 0.15) is 0 Å². The van der Waals surface area contributed by atoms with Crippen LogP contribution in [0.25, 0.3) is 0 Å². The minimum absolute atomic E-state index is 0.732. The zero-order valence-corrected chi connectivity index (χ0v) is 8.72. The number of nitrogen functional groups attached to an aromatic ring is 1. The van der Waals surface area contributed by atoms with Gasteiger partial charge in [-0.25, -0.2) is 0 Å². The van der Waals surface area contributed by atoms with Crippen LogP contribution < -0.4 is 11.1 Å². The Labute approximate surface area is 85.5 Å². The van der Waals surface area contributed by atoms with Crippen molar-refractivity contribution in [2.45, 2.75) is 38.8 Å². The molecule has 0 bridgehead atoms. The van der Waals surface area contributed by atoms with Crippen LogP contribution in [-0.2, 0) is 6.54 Å². The van der Waals surface area contributed by atoms with Gasteiger partial charge in [-0.15, -0.1) is 0 Å². The Morgan fingerprint density at radius 3 is 2.79 bits per heavy atom. The molecule has 1 saturated carbocycles. The Hall–Kier alpha value is -1.02. The van der Waals surface area contributed by atoms with Crippen molar-refractivity contribution >= 4 is 5.69 Å². The number of hydrogen-bond donors (Lipinski definition) is 2. The van der Waals surface area contributed by atoms with E-state index in [1.54, 1.807) is 0 Å². The molecule has 0 aliphatic heterocycles. The van der Waals surface area contributed by atoms with Gasteiger partial charge in [-0.3, -0.25) is 0 Å². The fourth-order valence-electron chi connectivity index (χ4n) is 1.74. The molecule has 0 radical (unpaired) electrons. The summed E-state index contributed by atoms with van der Waals surface area (Å²) in [4.78, 5) is 0. The number of rotatable bonds is 3. The predicted molar refractivity (Wildman–Crippen MR) is 60.1 cm³/mol. The summed E-state index contributed by atoms with van der Waals surface area (Å²) in [6.07, 6.45) is 4.03. The highest BCUT2D eigenvalue weighted by Crippen LogP contribution is 2.20. The van der Waals surface area contributed by atoms with Gasteiger partial charge < -0.3 is 11.1 Å². The maximum Gasteiger partial charge on any atom is 0.0362 e. The third-order valence-corrected chi connectivity index (χ3v) is 2.99. The molecule has 2 rings (SSSR count). The maximum atomic E-state index is 5.93. The summed E-state index contributed by atoms with van der Waals surface area (Å²) in [7, 11) is 0. The quantitative estimate of drug-likeness (QED) is 0.717. The van der Waals surface area contributed by atoms with Crippen molar-refractivity contribution in [1.82, 2.24) is 5.32 Å². The van der Waals surface area contributed by atoms with Crippen LogP contribution in [0, 0.1) is 6.92 Å². The molecule has 0 spiro atoms. The van der Waals surface area contributed by atoms with E-state index in [-0.39, 0.29) is 0 Å². The standard InChI is InChI=1S/C12H18N2/c1-9-5-6-10(12(13)7-9)8-14-11-3-2-4-11/h5-7,11,14H,2-4,8,13H2,1H3. The van der Waals surface area contributed by atoms with E-state index in [9.17, 15) is 0 Å². The van der Waals surface area contributed by atoms with Gasteiger partial charge in [-0.05, 0) is 37.0 Å². The van der Waals surface area contributed by atoms with Crippen LogP contribution >= 0.6 is 0 Å². The fourth-order valence-corrected chi connectivity index (χ4v) is 1.74. The summed E-state index contributed by atoms with van der Waals surface area (Å²) in [5.41, 5.74) is 9.30. The molecule has 0 saturated heterocycles. The largest absolute Gasteiger partial charge is 0.398 e. The third kappa shape index (κ3) is 2.07. The molecule has 1 aliphatic rings. The highest BCUT2D eigenvalue weighted by molar-refractivity contribution is 5.48. The smallest absolute Gasteiger partial charge is 0.0362 e. The number of nitrogens with one attached hydrogen (secondary N) is 1. The van der Waals surface area contributed by atoms with Crippen LogP contribution in [0.2, 0.25) is 0 Å². The zero-order chi connectivity index (χ0) is 9.97. The number of anilines is 1. The van der Waals surface area contributed by atoms with Gasteiger partial charge in [-0.1, -0.05) is 18.6 Å².